The topological polar surface area (TPSA) is 24.9 Å². The molecule has 0 aliphatic heterocycles. The minimum atomic E-state index is 0.958. The number of nitrogens with one attached hydrogen (secondary N) is 1. The monoisotopic (exact) mass is 354 g/mol. The molecule has 1 heterocycles. The zero-order valence-corrected chi connectivity index (χ0v) is 16.6. The van der Waals surface area contributed by atoms with Crippen LogP contribution >= 0.6 is 11.8 Å². The molecular formula is C21H39ClN2. The Balaban J connectivity index is 0.000000728. The van der Waals surface area contributed by atoms with Crippen LogP contribution in [0.4, 0.5) is 0 Å². The molecule has 0 aliphatic carbocycles. The molecule has 1 aromatic rings. The first-order valence-corrected chi connectivity index (χ1v) is 10.5. The van der Waals surface area contributed by atoms with Crippen molar-refractivity contribution in [3.8, 4) is 0 Å². The van der Waals surface area contributed by atoms with Crippen molar-refractivity contribution in [1.82, 2.24) is 9.82 Å². The van der Waals surface area contributed by atoms with E-state index >= 15 is 0 Å². The zero-order valence-electron chi connectivity index (χ0n) is 15.8. The van der Waals surface area contributed by atoms with Gasteiger partial charge in [0.2, 0.25) is 0 Å². The van der Waals surface area contributed by atoms with Crippen LogP contribution in [0.15, 0.2) is 30.6 Å². The number of halogens is 1. The van der Waals surface area contributed by atoms with Gasteiger partial charge in [-0.25, -0.2) is 4.84 Å². The van der Waals surface area contributed by atoms with E-state index in [1.54, 1.807) is 12.4 Å². The molecule has 0 atom stereocenters. The third-order valence-corrected chi connectivity index (χ3v) is 4.38. The molecular weight excluding hydrogens is 316 g/mol. The summed E-state index contributed by atoms with van der Waals surface area (Å²) in [6.45, 7) is 3.24. The second-order valence-electron chi connectivity index (χ2n) is 6.50. The van der Waals surface area contributed by atoms with Crippen molar-refractivity contribution >= 4 is 11.8 Å². The fraction of sp³-hybridized carbons (Fsp3) is 0.762. The second-order valence-corrected chi connectivity index (χ2v) is 6.77. The molecule has 0 bridgehead atoms. The maximum absolute atomic E-state index is 5.40. The van der Waals surface area contributed by atoms with Crippen molar-refractivity contribution in [1.29, 1.82) is 0 Å². The maximum atomic E-state index is 5.40. The van der Waals surface area contributed by atoms with Gasteiger partial charge in [0.05, 0.1) is 0 Å². The lowest BCUT2D eigenvalue weighted by atomic mass is 10.0. The first-order valence-electron chi connectivity index (χ1n) is 10.1. The first-order chi connectivity index (χ1) is 11.9. The molecule has 0 saturated heterocycles. The fourth-order valence-corrected chi connectivity index (χ4v) is 2.83. The Morgan fingerprint density at radius 1 is 0.625 bits per heavy atom. The lowest BCUT2D eigenvalue weighted by molar-refractivity contribution is 0.535. The molecule has 0 aliphatic rings. The summed E-state index contributed by atoms with van der Waals surface area (Å²) >= 11 is 5.40. The summed E-state index contributed by atoms with van der Waals surface area (Å²) in [6, 6.07) is 5.72. The summed E-state index contributed by atoms with van der Waals surface area (Å²) in [7, 11) is 0. The third kappa shape index (κ3) is 21.4. The van der Waals surface area contributed by atoms with Gasteiger partial charge in [0.15, 0.2) is 0 Å². The van der Waals surface area contributed by atoms with Crippen molar-refractivity contribution in [3.05, 3.63) is 30.6 Å². The van der Waals surface area contributed by atoms with E-state index in [0.29, 0.717) is 0 Å². The Morgan fingerprint density at radius 3 is 1.33 bits per heavy atom. The van der Waals surface area contributed by atoms with Gasteiger partial charge in [-0.3, -0.25) is 4.98 Å². The summed E-state index contributed by atoms with van der Waals surface area (Å²) < 4.78 is 0. The predicted octanol–water partition coefficient (Wildman–Crippen LogP) is 7.29. The van der Waals surface area contributed by atoms with Crippen LogP contribution in [0.2, 0.25) is 0 Å². The molecule has 0 radical (unpaired) electrons. The van der Waals surface area contributed by atoms with Crippen molar-refractivity contribution < 1.29 is 0 Å². The Labute approximate surface area is 155 Å². The minimum Gasteiger partial charge on any atom is -0.265 e. The molecule has 0 amide bonds. The Bertz CT molecular complexity index is 263. The van der Waals surface area contributed by atoms with Crippen LogP contribution in [0, 0.1) is 0 Å². The van der Waals surface area contributed by atoms with Crippen molar-refractivity contribution in [2.45, 2.75) is 96.8 Å². The highest BCUT2D eigenvalue weighted by Gasteiger charge is 1.93. The van der Waals surface area contributed by atoms with Gasteiger partial charge in [-0.2, -0.15) is 0 Å². The number of pyridine rings is 1. The van der Waals surface area contributed by atoms with Gasteiger partial charge in [0.1, 0.15) is 0 Å². The number of unbranched alkanes of at least 4 members (excludes halogenated alkanes) is 13. The molecule has 24 heavy (non-hydrogen) atoms. The van der Waals surface area contributed by atoms with Gasteiger partial charge in [0, 0.05) is 18.9 Å². The van der Waals surface area contributed by atoms with Gasteiger partial charge in [-0.15, -0.1) is 0 Å². The number of rotatable bonds is 15. The van der Waals surface area contributed by atoms with E-state index in [2.05, 4.69) is 16.7 Å². The van der Waals surface area contributed by atoms with Crippen LogP contribution in [0.25, 0.3) is 0 Å². The molecule has 3 heteroatoms. The second kappa shape index (κ2) is 22.4. The van der Waals surface area contributed by atoms with Crippen molar-refractivity contribution in [2.24, 2.45) is 0 Å². The minimum absolute atomic E-state index is 0.958. The molecule has 140 valence electrons. The largest absolute Gasteiger partial charge is 0.265 e. The number of hydrogen-bond donors (Lipinski definition) is 1. The molecule has 1 N–H and O–H groups in total. The van der Waals surface area contributed by atoms with E-state index in [0.717, 1.165) is 6.54 Å². The van der Waals surface area contributed by atoms with Gasteiger partial charge in [-0.1, -0.05) is 96.5 Å². The molecule has 1 rings (SSSR count). The molecule has 0 saturated carbocycles. The highest BCUT2D eigenvalue weighted by molar-refractivity contribution is 6.13. The number of nitrogens with zero attached hydrogens (tertiary/aromatic N) is 1. The third-order valence-electron chi connectivity index (χ3n) is 4.19. The van der Waals surface area contributed by atoms with E-state index in [-0.39, 0.29) is 0 Å². The van der Waals surface area contributed by atoms with Crippen LogP contribution in [-0.4, -0.2) is 11.5 Å². The van der Waals surface area contributed by atoms with Gasteiger partial charge >= 0.3 is 0 Å². The van der Waals surface area contributed by atoms with E-state index in [9.17, 15) is 0 Å². The summed E-state index contributed by atoms with van der Waals surface area (Å²) in [6.07, 6.45) is 23.3. The van der Waals surface area contributed by atoms with Crippen LogP contribution in [-0.2, 0) is 0 Å². The predicted molar refractivity (Wildman–Crippen MR) is 108 cm³/mol. The highest BCUT2D eigenvalue weighted by Crippen LogP contribution is 2.12. The zero-order chi connectivity index (χ0) is 17.6. The lowest BCUT2D eigenvalue weighted by Crippen LogP contribution is -1.99. The van der Waals surface area contributed by atoms with Gasteiger partial charge < -0.3 is 0 Å². The summed E-state index contributed by atoms with van der Waals surface area (Å²) in [5, 5.41) is 0. The molecule has 2 nitrogen and oxygen atoms in total. The molecule has 0 fully saturated rings. The Hall–Kier alpha value is -0.600. The molecule has 0 aromatic carbocycles. The van der Waals surface area contributed by atoms with Crippen LogP contribution in [0.1, 0.15) is 96.8 Å². The number of aromatic nitrogens is 1. The van der Waals surface area contributed by atoms with Crippen LogP contribution in [0.3, 0.4) is 0 Å². The van der Waals surface area contributed by atoms with Crippen LogP contribution < -0.4 is 4.84 Å². The SMILES string of the molecule is CCCCCCCCCCCCCCCCNCl.c1ccncc1. The first kappa shape index (κ1) is 23.4. The Kier molecular flexibility index (Phi) is 21.8. The summed E-state index contributed by atoms with van der Waals surface area (Å²) in [5.74, 6) is 0. The Morgan fingerprint density at radius 2 is 1.04 bits per heavy atom. The van der Waals surface area contributed by atoms with Crippen molar-refractivity contribution in [2.75, 3.05) is 6.54 Å². The summed E-state index contributed by atoms with van der Waals surface area (Å²) in [4.78, 5) is 6.47. The number of hydrogen-bond acceptors (Lipinski definition) is 2. The van der Waals surface area contributed by atoms with E-state index in [1.165, 1.54) is 89.9 Å². The highest BCUT2D eigenvalue weighted by atomic mass is 35.5. The van der Waals surface area contributed by atoms with Gasteiger partial charge in [-0.05, 0) is 30.3 Å². The fourth-order valence-electron chi connectivity index (χ4n) is 2.70. The molecule has 0 unspecified atom stereocenters. The van der Waals surface area contributed by atoms with E-state index in [1.807, 2.05) is 18.2 Å². The lowest BCUT2D eigenvalue weighted by Gasteiger charge is -2.03. The standard InChI is InChI=1S/C16H34ClN.C5H5N/c1-2-3-4-5-6-7-8-9-10-11-12-13-14-15-16-18-17;1-2-4-6-5-3-1/h18H,2-16H2,1H3;1-5H. The molecule has 0 spiro atoms. The van der Waals surface area contributed by atoms with Crippen LogP contribution in [0.5, 0.6) is 0 Å². The average Bonchev–Trinajstić information content (AvgIpc) is 2.64. The summed E-state index contributed by atoms with van der Waals surface area (Å²) in [5.41, 5.74) is 0. The quantitative estimate of drug-likeness (QED) is 0.264. The normalized spacial score (nSPS) is 10.2. The van der Waals surface area contributed by atoms with E-state index < -0.39 is 0 Å². The molecule has 1 aromatic heterocycles. The van der Waals surface area contributed by atoms with Crippen molar-refractivity contribution in [3.63, 3.8) is 0 Å². The maximum Gasteiger partial charge on any atom is 0.0267 e. The van der Waals surface area contributed by atoms with E-state index in [4.69, 9.17) is 11.8 Å². The average molecular weight is 355 g/mol. The van der Waals surface area contributed by atoms with Gasteiger partial charge in [0.25, 0.3) is 0 Å². The smallest absolute Gasteiger partial charge is 0.0267 e.